The van der Waals surface area contributed by atoms with Crippen molar-refractivity contribution in [1.29, 1.82) is 0 Å². The Kier molecular flexibility index (Phi) is 10.5. The van der Waals surface area contributed by atoms with Crippen molar-refractivity contribution in [2.24, 2.45) is 0 Å². The third-order valence-corrected chi connectivity index (χ3v) is 9.67. The van der Waals surface area contributed by atoms with Gasteiger partial charge in [-0.2, -0.15) is 26.3 Å². The summed E-state index contributed by atoms with van der Waals surface area (Å²) in [5, 5.41) is 22.3. The summed E-state index contributed by atoms with van der Waals surface area (Å²) in [5.74, 6) is -0.104. The van der Waals surface area contributed by atoms with Gasteiger partial charge in [-0.15, -0.1) is 5.10 Å². The van der Waals surface area contributed by atoms with Crippen molar-refractivity contribution in [3.63, 3.8) is 0 Å². The highest BCUT2D eigenvalue weighted by Crippen LogP contribution is 2.61. The number of fused-ring (bicyclic) bond motifs is 2. The van der Waals surface area contributed by atoms with Gasteiger partial charge in [0.1, 0.15) is 12.8 Å². The Morgan fingerprint density at radius 1 is 0.902 bits per heavy atom. The number of benzene rings is 3. The summed E-state index contributed by atoms with van der Waals surface area (Å²) in [6.45, 7) is -0.450. The van der Waals surface area contributed by atoms with Gasteiger partial charge in [-0.3, -0.25) is 4.90 Å². The standard InChI is InChI=1S/C35H36F7N5O4/c1-49-14-15-50-22-47-31(43-44-45-47)32(36)21-33(25-10-6-3-7-11-25)30(13-12-29(32)46(33)19-23-8-4-2-5-9-23)51-28(20-48)24-16-26(34(37,38)39)18-27(17-24)35(40,41)42/h2-11,16-18,28-30,48H,12-15,19-22H2,1H3. The second-order valence-corrected chi connectivity index (χ2v) is 12.7. The molecular formula is C35H36F7N5O4. The number of hydrogen-bond acceptors (Lipinski definition) is 8. The molecule has 51 heavy (non-hydrogen) atoms. The van der Waals surface area contributed by atoms with E-state index in [0.717, 1.165) is 5.56 Å². The van der Waals surface area contributed by atoms with E-state index in [1.165, 1.54) is 11.8 Å². The van der Waals surface area contributed by atoms with Gasteiger partial charge >= 0.3 is 12.4 Å². The van der Waals surface area contributed by atoms with Crippen molar-refractivity contribution in [2.45, 2.75) is 74.3 Å². The molecule has 0 amide bonds. The van der Waals surface area contributed by atoms with E-state index in [9.17, 15) is 31.4 Å². The number of aliphatic hydroxyl groups is 1. The first kappa shape index (κ1) is 36.8. The highest BCUT2D eigenvalue weighted by atomic mass is 19.4. The fourth-order valence-corrected chi connectivity index (χ4v) is 7.46. The molecule has 0 radical (unpaired) electrons. The van der Waals surface area contributed by atoms with Crippen LogP contribution in [0.4, 0.5) is 30.7 Å². The molecule has 2 saturated heterocycles. The fraction of sp³-hybridized carbons (Fsp3) is 0.457. The Bertz CT molecular complexity index is 1730. The molecule has 2 aliphatic rings. The Morgan fingerprint density at radius 3 is 2.16 bits per heavy atom. The lowest BCUT2D eigenvalue weighted by Crippen LogP contribution is -2.57. The number of hydrogen-bond donors (Lipinski definition) is 1. The molecule has 1 aromatic heterocycles. The lowest BCUT2D eigenvalue weighted by Gasteiger charge is -2.50. The zero-order chi connectivity index (χ0) is 36.4. The maximum atomic E-state index is 18.2. The normalized spacial score (nSPS) is 24.6. The number of halogens is 7. The molecule has 0 spiro atoms. The van der Waals surface area contributed by atoms with Gasteiger partial charge in [-0.05, 0) is 58.2 Å². The van der Waals surface area contributed by atoms with Gasteiger partial charge in [0.05, 0.1) is 48.6 Å². The zero-order valence-corrected chi connectivity index (χ0v) is 27.4. The number of alkyl halides is 7. The second kappa shape index (κ2) is 14.6. The molecule has 2 aliphatic heterocycles. The largest absolute Gasteiger partial charge is 0.416 e. The first-order valence-electron chi connectivity index (χ1n) is 16.3. The van der Waals surface area contributed by atoms with Crippen LogP contribution in [-0.2, 0) is 51.0 Å². The molecular weight excluding hydrogens is 687 g/mol. The number of aromatic nitrogens is 4. The van der Waals surface area contributed by atoms with Crippen LogP contribution in [0.1, 0.15) is 59.0 Å². The number of nitrogens with zero attached hydrogens (tertiary/aromatic N) is 5. The molecule has 1 N–H and O–H groups in total. The highest BCUT2D eigenvalue weighted by molar-refractivity contribution is 5.37. The van der Waals surface area contributed by atoms with Crippen LogP contribution in [0.15, 0.2) is 78.9 Å². The lowest BCUT2D eigenvalue weighted by atomic mass is 9.77. The molecule has 9 nitrogen and oxygen atoms in total. The first-order chi connectivity index (χ1) is 24.3. The van der Waals surface area contributed by atoms with Crippen LogP contribution < -0.4 is 0 Å². The van der Waals surface area contributed by atoms with Gasteiger partial charge < -0.3 is 19.3 Å². The molecule has 0 aliphatic carbocycles. The maximum absolute atomic E-state index is 18.2. The summed E-state index contributed by atoms with van der Waals surface area (Å²) in [5.41, 5.74) is -5.75. The number of rotatable bonds is 13. The summed E-state index contributed by atoms with van der Waals surface area (Å²) >= 11 is 0. The summed E-state index contributed by atoms with van der Waals surface area (Å²) in [4.78, 5) is 1.93. The van der Waals surface area contributed by atoms with E-state index in [1.807, 2.05) is 35.2 Å². The van der Waals surface area contributed by atoms with E-state index < -0.39 is 65.1 Å². The number of tetrazole rings is 1. The Balaban J connectivity index is 1.47. The molecule has 5 atom stereocenters. The predicted molar refractivity (Wildman–Crippen MR) is 167 cm³/mol. The molecule has 2 bridgehead atoms. The van der Waals surface area contributed by atoms with Gasteiger partial charge in [0.25, 0.3) is 0 Å². The van der Waals surface area contributed by atoms with Crippen LogP contribution in [-0.4, -0.2) is 69.3 Å². The predicted octanol–water partition coefficient (Wildman–Crippen LogP) is 6.58. The Morgan fingerprint density at radius 2 is 1.55 bits per heavy atom. The zero-order valence-electron chi connectivity index (χ0n) is 27.4. The Hall–Kier alpha value is -3.96. The van der Waals surface area contributed by atoms with Crippen LogP contribution in [0.2, 0.25) is 0 Å². The summed E-state index contributed by atoms with van der Waals surface area (Å²) in [6, 6.07) is 18.3. The number of aliphatic hydroxyl groups excluding tert-OH is 1. The van der Waals surface area contributed by atoms with Crippen LogP contribution >= 0.6 is 0 Å². The summed E-state index contributed by atoms with van der Waals surface area (Å²) in [7, 11) is 1.51. The van der Waals surface area contributed by atoms with Crippen molar-refractivity contribution in [3.8, 4) is 0 Å². The average Bonchev–Trinajstić information content (AvgIpc) is 3.65. The topological polar surface area (TPSA) is 94.8 Å². The second-order valence-electron chi connectivity index (χ2n) is 12.7. The van der Waals surface area contributed by atoms with Crippen molar-refractivity contribution in [2.75, 3.05) is 26.9 Å². The number of methoxy groups -OCH3 is 1. The molecule has 6 rings (SSSR count). The third-order valence-electron chi connectivity index (χ3n) is 9.67. The fourth-order valence-electron chi connectivity index (χ4n) is 7.46. The minimum Gasteiger partial charge on any atom is -0.393 e. The van der Waals surface area contributed by atoms with Crippen LogP contribution in [0, 0.1) is 0 Å². The molecule has 2 fully saturated rings. The van der Waals surface area contributed by atoms with Crippen LogP contribution in [0.3, 0.4) is 0 Å². The third kappa shape index (κ3) is 7.24. The van der Waals surface area contributed by atoms with Gasteiger partial charge in [-0.1, -0.05) is 60.7 Å². The Labute approximate surface area is 288 Å². The van der Waals surface area contributed by atoms with E-state index in [-0.39, 0.29) is 57.6 Å². The summed E-state index contributed by atoms with van der Waals surface area (Å²) < 4.78 is 120. The minimum atomic E-state index is -5.11. The van der Waals surface area contributed by atoms with E-state index in [4.69, 9.17) is 14.2 Å². The average molecular weight is 724 g/mol. The summed E-state index contributed by atoms with van der Waals surface area (Å²) in [6.07, 6.45) is -12.9. The molecule has 4 aromatic rings. The smallest absolute Gasteiger partial charge is 0.393 e. The molecule has 274 valence electrons. The van der Waals surface area contributed by atoms with Crippen molar-refractivity contribution in [3.05, 3.63) is 113 Å². The molecule has 5 unspecified atom stereocenters. The monoisotopic (exact) mass is 723 g/mol. The van der Waals surface area contributed by atoms with Crippen LogP contribution in [0.5, 0.6) is 0 Å². The lowest BCUT2D eigenvalue weighted by molar-refractivity contribution is -0.147. The van der Waals surface area contributed by atoms with E-state index in [1.54, 1.807) is 30.3 Å². The quantitative estimate of drug-likeness (QED) is 0.122. The van der Waals surface area contributed by atoms with E-state index in [2.05, 4.69) is 15.5 Å². The molecule has 3 aromatic carbocycles. The van der Waals surface area contributed by atoms with Gasteiger partial charge in [-0.25, -0.2) is 9.07 Å². The molecule has 3 heterocycles. The number of ether oxygens (including phenoxy) is 3. The van der Waals surface area contributed by atoms with Crippen molar-refractivity contribution >= 4 is 0 Å². The van der Waals surface area contributed by atoms with Gasteiger partial charge in [0, 0.05) is 20.1 Å². The first-order valence-corrected chi connectivity index (χ1v) is 16.3. The van der Waals surface area contributed by atoms with Gasteiger partial charge in [0.2, 0.25) is 0 Å². The van der Waals surface area contributed by atoms with Crippen LogP contribution in [0.25, 0.3) is 0 Å². The van der Waals surface area contributed by atoms with E-state index >= 15 is 4.39 Å². The maximum Gasteiger partial charge on any atom is 0.416 e. The molecule has 16 heteroatoms. The number of piperidine rings is 1. The molecule has 0 saturated carbocycles. The van der Waals surface area contributed by atoms with Gasteiger partial charge in [0.15, 0.2) is 11.5 Å². The SMILES string of the molecule is COCCOCn1nnnc1C1(F)CC2(c3ccccc3)C(OC(CO)c3cc(C(F)(F)F)cc(C(F)(F)F)c3)CCC1N2Cc1ccccc1. The minimum absolute atomic E-state index is 0.0216. The van der Waals surface area contributed by atoms with Crippen molar-refractivity contribution < 1.29 is 50.1 Å². The van der Waals surface area contributed by atoms with E-state index in [0.29, 0.717) is 17.7 Å². The highest BCUT2D eigenvalue weighted by Gasteiger charge is 2.69. The van der Waals surface area contributed by atoms with Crippen molar-refractivity contribution in [1.82, 2.24) is 25.1 Å².